The lowest BCUT2D eigenvalue weighted by molar-refractivity contribution is 0.304. The maximum atomic E-state index is 4.59. The van der Waals surface area contributed by atoms with Gasteiger partial charge in [0.1, 0.15) is 5.82 Å². The normalized spacial score (nSPS) is 15.7. The van der Waals surface area contributed by atoms with Crippen LogP contribution in [-0.2, 0) is 0 Å². The molecule has 0 N–H and O–H groups in total. The van der Waals surface area contributed by atoms with Crippen LogP contribution >= 0.6 is 0 Å². The third-order valence-corrected chi connectivity index (χ3v) is 3.23. The Labute approximate surface area is 111 Å². The first-order chi connectivity index (χ1) is 8.59. The average molecular weight is 246 g/mol. The molecule has 0 saturated heterocycles. The standard InChI is InChI=1S/C14H20N2.C2H6/c1-10(2)8-9-14-11(3)16(12(4)15-14)13-6-5-7-13;1-2/h8-9,13H,3,5-7H2,1-2,4H3;1-2H3/b14-9+;. The second-order valence-corrected chi connectivity index (χ2v) is 4.86. The van der Waals surface area contributed by atoms with Crippen molar-refractivity contribution in [3.05, 3.63) is 28.2 Å². The smallest absolute Gasteiger partial charge is 0.106 e. The van der Waals surface area contributed by atoms with Gasteiger partial charge in [0.15, 0.2) is 0 Å². The zero-order valence-corrected chi connectivity index (χ0v) is 12.5. The van der Waals surface area contributed by atoms with Crippen LogP contribution in [0.3, 0.4) is 0 Å². The van der Waals surface area contributed by atoms with Gasteiger partial charge in [-0.1, -0.05) is 32.1 Å². The fraction of sp³-hybridized carbons (Fsp3) is 0.562. The molecule has 2 rings (SSSR count). The van der Waals surface area contributed by atoms with E-state index in [-0.39, 0.29) is 0 Å². The molecule has 1 heterocycles. The van der Waals surface area contributed by atoms with Gasteiger partial charge >= 0.3 is 0 Å². The second kappa shape index (κ2) is 6.58. The van der Waals surface area contributed by atoms with Crippen LogP contribution in [0.25, 0.3) is 12.7 Å². The van der Waals surface area contributed by atoms with Gasteiger partial charge in [0, 0.05) is 6.04 Å². The molecular weight excluding hydrogens is 220 g/mol. The highest BCUT2D eigenvalue weighted by atomic mass is 15.1. The fourth-order valence-electron chi connectivity index (χ4n) is 2.12. The van der Waals surface area contributed by atoms with Crippen molar-refractivity contribution in [2.45, 2.75) is 59.9 Å². The summed E-state index contributed by atoms with van der Waals surface area (Å²) in [6.07, 6.45) is 8.07. The third-order valence-electron chi connectivity index (χ3n) is 3.23. The van der Waals surface area contributed by atoms with E-state index >= 15 is 0 Å². The molecule has 0 aromatic carbocycles. The number of nitrogens with zero attached hydrogens (tertiary/aromatic N) is 2. The quantitative estimate of drug-likeness (QED) is 0.784. The van der Waals surface area contributed by atoms with E-state index in [0.717, 1.165) is 16.5 Å². The molecule has 1 aromatic rings. The van der Waals surface area contributed by atoms with Crippen LogP contribution in [0.15, 0.2) is 11.6 Å². The largest absolute Gasteiger partial charge is 0.326 e. The molecular formula is C16H26N2. The van der Waals surface area contributed by atoms with Gasteiger partial charge in [0.25, 0.3) is 0 Å². The first-order valence-electron chi connectivity index (χ1n) is 6.98. The maximum Gasteiger partial charge on any atom is 0.106 e. The van der Waals surface area contributed by atoms with Crippen LogP contribution in [0, 0.1) is 6.92 Å². The lowest BCUT2D eigenvalue weighted by atomic mass is 9.93. The van der Waals surface area contributed by atoms with Crippen LogP contribution in [0.2, 0.25) is 0 Å². The van der Waals surface area contributed by atoms with Crippen molar-refractivity contribution >= 4 is 12.7 Å². The monoisotopic (exact) mass is 246 g/mol. The second-order valence-electron chi connectivity index (χ2n) is 4.86. The van der Waals surface area contributed by atoms with Crippen molar-refractivity contribution in [2.24, 2.45) is 0 Å². The van der Waals surface area contributed by atoms with Crippen LogP contribution < -0.4 is 10.7 Å². The molecule has 1 saturated carbocycles. The number of hydrogen-bond donors (Lipinski definition) is 0. The summed E-state index contributed by atoms with van der Waals surface area (Å²) in [4.78, 5) is 4.59. The summed E-state index contributed by atoms with van der Waals surface area (Å²) in [7, 11) is 0. The first kappa shape index (κ1) is 14.7. The maximum absolute atomic E-state index is 4.59. The van der Waals surface area contributed by atoms with Gasteiger partial charge in [-0.2, -0.15) is 0 Å². The topological polar surface area (TPSA) is 17.8 Å². The Morgan fingerprint density at radius 1 is 1.33 bits per heavy atom. The molecule has 1 aliphatic carbocycles. The molecule has 0 atom stereocenters. The molecule has 1 aliphatic rings. The van der Waals surface area contributed by atoms with Gasteiger partial charge in [-0.25, -0.2) is 4.98 Å². The summed E-state index contributed by atoms with van der Waals surface area (Å²) in [5.74, 6) is 1.10. The predicted octanol–water partition coefficient (Wildman–Crippen LogP) is 3.10. The summed E-state index contributed by atoms with van der Waals surface area (Å²) in [5, 5.41) is 2.09. The van der Waals surface area contributed by atoms with E-state index in [0.29, 0.717) is 6.04 Å². The molecule has 0 aliphatic heterocycles. The summed E-state index contributed by atoms with van der Waals surface area (Å²) < 4.78 is 2.30. The molecule has 0 bridgehead atoms. The number of hydrogen-bond acceptors (Lipinski definition) is 1. The highest BCUT2D eigenvalue weighted by Crippen LogP contribution is 2.30. The molecule has 100 valence electrons. The molecule has 0 spiro atoms. The highest BCUT2D eigenvalue weighted by Gasteiger charge is 2.21. The van der Waals surface area contributed by atoms with Crippen molar-refractivity contribution in [3.63, 3.8) is 0 Å². The molecule has 18 heavy (non-hydrogen) atoms. The molecule has 0 amide bonds. The molecule has 1 fully saturated rings. The molecule has 1 aromatic heterocycles. The zero-order chi connectivity index (χ0) is 13.7. The minimum Gasteiger partial charge on any atom is -0.326 e. The predicted molar refractivity (Wildman–Crippen MR) is 79.9 cm³/mol. The van der Waals surface area contributed by atoms with Crippen molar-refractivity contribution in [2.75, 3.05) is 0 Å². The minimum absolute atomic E-state index is 0.647. The fourth-order valence-corrected chi connectivity index (χ4v) is 2.12. The van der Waals surface area contributed by atoms with E-state index in [1.165, 1.54) is 24.8 Å². The summed E-state index contributed by atoms with van der Waals surface area (Å²) in [6.45, 7) is 14.4. The van der Waals surface area contributed by atoms with E-state index in [1.807, 2.05) is 13.8 Å². The van der Waals surface area contributed by atoms with E-state index in [9.17, 15) is 0 Å². The van der Waals surface area contributed by atoms with E-state index in [4.69, 9.17) is 0 Å². The Kier molecular flexibility index (Phi) is 5.39. The van der Waals surface area contributed by atoms with Crippen LogP contribution in [0.1, 0.15) is 58.8 Å². The Balaban J connectivity index is 0.000000771. The van der Waals surface area contributed by atoms with Crippen LogP contribution in [-0.4, -0.2) is 9.55 Å². The van der Waals surface area contributed by atoms with Gasteiger partial charge < -0.3 is 4.57 Å². The van der Waals surface area contributed by atoms with Gasteiger partial charge in [-0.3, -0.25) is 0 Å². The molecule has 2 nitrogen and oxygen atoms in total. The molecule has 0 unspecified atom stereocenters. The zero-order valence-electron chi connectivity index (χ0n) is 12.5. The summed E-state index contributed by atoms with van der Waals surface area (Å²) in [5.41, 5.74) is 1.29. The lowest BCUT2D eigenvalue weighted by Crippen LogP contribution is -2.33. The third kappa shape index (κ3) is 3.12. The van der Waals surface area contributed by atoms with Gasteiger partial charge in [0.2, 0.25) is 0 Å². The number of imidazole rings is 1. The Morgan fingerprint density at radius 3 is 2.39 bits per heavy atom. The van der Waals surface area contributed by atoms with Gasteiger partial charge in [0.05, 0.1) is 10.7 Å². The van der Waals surface area contributed by atoms with Crippen molar-refractivity contribution in [1.82, 2.24) is 9.55 Å². The van der Waals surface area contributed by atoms with E-state index in [2.05, 4.69) is 49.1 Å². The highest BCUT2D eigenvalue weighted by molar-refractivity contribution is 5.36. The lowest BCUT2D eigenvalue weighted by Gasteiger charge is -2.28. The number of aromatic nitrogens is 2. The van der Waals surface area contributed by atoms with Gasteiger partial charge in [-0.15, -0.1) is 0 Å². The van der Waals surface area contributed by atoms with Crippen molar-refractivity contribution < 1.29 is 0 Å². The molecule has 2 heteroatoms. The number of aryl methyl sites for hydroxylation is 1. The molecule has 0 radical (unpaired) electrons. The number of rotatable bonds is 2. The van der Waals surface area contributed by atoms with Crippen LogP contribution in [0.4, 0.5) is 0 Å². The van der Waals surface area contributed by atoms with Crippen LogP contribution in [0.5, 0.6) is 0 Å². The van der Waals surface area contributed by atoms with E-state index < -0.39 is 0 Å². The summed E-state index contributed by atoms with van der Waals surface area (Å²) >= 11 is 0. The average Bonchev–Trinajstić information content (AvgIpc) is 2.55. The van der Waals surface area contributed by atoms with Crippen molar-refractivity contribution in [3.8, 4) is 0 Å². The first-order valence-corrected chi connectivity index (χ1v) is 6.98. The Hall–Kier alpha value is -1.31. The SMILES string of the molecule is C=c1/c(=C\C=C(C)C)nc(C)n1C1CCC1.CC. The Bertz CT molecular complexity index is 512. The Morgan fingerprint density at radius 2 is 1.94 bits per heavy atom. The minimum atomic E-state index is 0.647. The summed E-state index contributed by atoms with van der Waals surface area (Å²) in [6, 6.07) is 0.647. The number of allylic oxidation sites excluding steroid dienone is 2. The van der Waals surface area contributed by atoms with Crippen molar-refractivity contribution in [1.29, 1.82) is 0 Å². The van der Waals surface area contributed by atoms with Gasteiger partial charge in [-0.05, 0) is 46.1 Å². The van der Waals surface area contributed by atoms with E-state index in [1.54, 1.807) is 0 Å².